The fourth-order valence-electron chi connectivity index (χ4n) is 3.54. The van der Waals surface area contributed by atoms with Crippen LogP contribution < -0.4 is 5.32 Å². The number of likely N-dealkylation sites (N-methyl/N-ethyl adjacent to an activating group) is 1. The smallest absolute Gasteiger partial charge is 0.0229 e. The summed E-state index contributed by atoms with van der Waals surface area (Å²) in [6.45, 7) is 3.89. The second kappa shape index (κ2) is 6.17. The van der Waals surface area contributed by atoms with Gasteiger partial charge in [0.1, 0.15) is 0 Å². The summed E-state index contributed by atoms with van der Waals surface area (Å²) < 4.78 is 0. The molecule has 0 amide bonds. The molecule has 3 heteroatoms. The molecule has 0 spiro atoms. The van der Waals surface area contributed by atoms with Crippen LogP contribution in [-0.2, 0) is 0 Å². The molecule has 17 heavy (non-hydrogen) atoms. The van der Waals surface area contributed by atoms with Crippen LogP contribution in [0.5, 0.6) is 0 Å². The summed E-state index contributed by atoms with van der Waals surface area (Å²) in [5, 5.41) is 3.52. The van der Waals surface area contributed by atoms with Crippen LogP contribution in [0.4, 0.5) is 0 Å². The summed E-state index contributed by atoms with van der Waals surface area (Å²) in [5.41, 5.74) is 0. The van der Waals surface area contributed by atoms with Crippen LogP contribution >= 0.6 is 0 Å². The molecule has 0 aromatic rings. The van der Waals surface area contributed by atoms with Gasteiger partial charge < -0.3 is 15.1 Å². The largest absolute Gasteiger partial charge is 0.317 e. The summed E-state index contributed by atoms with van der Waals surface area (Å²) in [5.74, 6) is 0.884. The molecule has 1 aliphatic heterocycles. The van der Waals surface area contributed by atoms with E-state index in [1.165, 1.54) is 51.7 Å². The summed E-state index contributed by atoms with van der Waals surface area (Å²) in [6.07, 6.45) is 7.01. The minimum Gasteiger partial charge on any atom is -0.317 e. The number of nitrogens with one attached hydrogen (secondary N) is 1. The molecule has 3 nitrogen and oxygen atoms in total. The predicted octanol–water partition coefficient (Wildman–Crippen LogP) is 1.40. The monoisotopic (exact) mass is 239 g/mol. The number of rotatable bonds is 4. The lowest BCUT2D eigenvalue weighted by molar-refractivity contribution is 0.184. The molecule has 0 aromatic heterocycles. The zero-order valence-electron chi connectivity index (χ0n) is 11.8. The Morgan fingerprint density at radius 2 is 1.94 bits per heavy atom. The number of nitrogens with zero attached hydrogens (tertiary/aromatic N) is 2. The lowest BCUT2D eigenvalue weighted by atomic mass is 9.84. The van der Waals surface area contributed by atoms with Crippen molar-refractivity contribution in [1.29, 1.82) is 0 Å². The van der Waals surface area contributed by atoms with Gasteiger partial charge in [0.15, 0.2) is 0 Å². The second-order valence-corrected chi connectivity index (χ2v) is 6.11. The Bertz CT molecular complexity index is 230. The number of likely N-dealkylation sites (tertiary alicyclic amines) is 1. The highest BCUT2D eigenvalue weighted by Crippen LogP contribution is 2.26. The normalized spacial score (nSPS) is 35.6. The summed E-state index contributed by atoms with van der Waals surface area (Å²) >= 11 is 0. The highest BCUT2D eigenvalue weighted by atomic mass is 15.2. The van der Waals surface area contributed by atoms with Gasteiger partial charge in [-0.2, -0.15) is 0 Å². The molecule has 0 radical (unpaired) electrons. The van der Waals surface area contributed by atoms with Crippen LogP contribution in [0.1, 0.15) is 32.1 Å². The standard InChI is InChI=1S/C14H29N3/c1-15-14-7-5-4-6-12(14)10-17-9-8-13(11-17)16(2)3/h12-15H,4-11H2,1-3H3. The van der Waals surface area contributed by atoms with E-state index in [1.807, 2.05) is 0 Å². The fraction of sp³-hybridized carbons (Fsp3) is 1.00. The fourth-order valence-corrected chi connectivity index (χ4v) is 3.54. The van der Waals surface area contributed by atoms with Crippen molar-refractivity contribution in [2.45, 2.75) is 44.2 Å². The van der Waals surface area contributed by atoms with Gasteiger partial charge in [0.2, 0.25) is 0 Å². The second-order valence-electron chi connectivity index (χ2n) is 6.11. The van der Waals surface area contributed by atoms with Crippen molar-refractivity contribution in [3.05, 3.63) is 0 Å². The first-order chi connectivity index (χ1) is 8.20. The van der Waals surface area contributed by atoms with Crippen molar-refractivity contribution in [2.24, 2.45) is 5.92 Å². The molecule has 3 atom stereocenters. The van der Waals surface area contributed by atoms with Crippen molar-refractivity contribution in [1.82, 2.24) is 15.1 Å². The highest BCUT2D eigenvalue weighted by molar-refractivity contribution is 4.86. The average Bonchev–Trinajstić information content (AvgIpc) is 2.78. The van der Waals surface area contributed by atoms with Crippen molar-refractivity contribution < 1.29 is 0 Å². The Balaban J connectivity index is 1.80. The average molecular weight is 239 g/mol. The summed E-state index contributed by atoms with van der Waals surface area (Å²) in [4.78, 5) is 5.07. The maximum atomic E-state index is 3.52. The van der Waals surface area contributed by atoms with E-state index in [9.17, 15) is 0 Å². The SMILES string of the molecule is CNC1CCCCC1CN1CCC(N(C)C)C1. The third kappa shape index (κ3) is 3.43. The quantitative estimate of drug-likeness (QED) is 0.800. The molecule has 1 heterocycles. The van der Waals surface area contributed by atoms with E-state index < -0.39 is 0 Å². The van der Waals surface area contributed by atoms with Crippen LogP contribution in [0.3, 0.4) is 0 Å². The Morgan fingerprint density at radius 3 is 2.59 bits per heavy atom. The topological polar surface area (TPSA) is 18.5 Å². The van der Waals surface area contributed by atoms with Gasteiger partial charge in [-0.25, -0.2) is 0 Å². The molecule has 1 N–H and O–H groups in total. The lowest BCUT2D eigenvalue weighted by Gasteiger charge is -2.34. The predicted molar refractivity (Wildman–Crippen MR) is 73.3 cm³/mol. The molecule has 0 aromatic carbocycles. The van der Waals surface area contributed by atoms with Crippen LogP contribution in [0, 0.1) is 5.92 Å². The number of hydrogen-bond acceptors (Lipinski definition) is 3. The van der Waals surface area contributed by atoms with E-state index in [0.29, 0.717) is 0 Å². The first-order valence-electron chi connectivity index (χ1n) is 7.26. The molecule has 100 valence electrons. The van der Waals surface area contributed by atoms with Crippen molar-refractivity contribution in [3.8, 4) is 0 Å². The maximum absolute atomic E-state index is 3.52. The zero-order chi connectivity index (χ0) is 12.3. The van der Waals surface area contributed by atoms with Gasteiger partial charge in [-0.05, 0) is 52.9 Å². The Morgan fingerprint density at radius 1 is 1.18 bits per heavy atom. The first kappa shape index (κ1) is 13.3. The Hall–Kier alpha value is -0.120. The van der Waals surface area contributed by atoms with Gasteiger partial charge in [-0.15, -0.1) is 0 Å². The summed E-state index contributed by atoms with van der Waals surface area (Å²) in [6, 6.07) is 1.55. The first-order valence-corrected chi connectivity index (χ1v) is 7.26. The van der Waals surface area contributed by atoms with E-state index in [2.05, 4.69) is 36.3 Å². The Labute approximate surface area is 107 Å². The van der Waals surface area contributed by atoms with E-state index in [0.717, 1.165) is 18.0 Å². The van der Waals surface area contributed by atoms with Crippen LogP contribution in [0.2, 0.25) is 0 Å². The third-order valence-electron chi connectivity index (χ3n) is 4.75. The molecular formula is C14H29N3. The molecule has 2 aliphatic rings. The molecule has 1 aliphatic carbocycles. The Kier molecular flexibility index (Phi) is 4.83. The molecule has 1 saturated carbocycles. The van der Waals surface area contributed by atoms with Crippen LogP contribution in [-0.4, -0.2) is 62.7 Å². The molecule has 2 fully saturated rings. The molecular weight excluding hydrogens is 210 g/mol. The van der Waals surface area contributed by atoms with Gasteiger partial charge in [0.05, 0.1) is 0 Å². The summed E-state index contributed by atoms with van der Waals surface area (Å²) in [7, 11) is 6.56. The number of hydrogen-bond donors (Lipinski definition) is 1. The van der Waals surface area contributed by atoms with E-state index in [-0.39, 0.29) is 0 Å². The molecule has 3 unspecified atom stereocenters. The van der Waals surface area contributed by atoms with Crippen molar-refractivity contribution in [2.75, 3.05) is 40.8 Å². The van der Waals surface area contributed by atoms with E-state index >= 15 is 0 Å². The van der Waals surface area contributed by atoms with Crippen molar-refractivity contribution in [3.63, 3.8) is 0 Å². The van der Waals surface area contributed by atoms with Crippen LogP contribution in [0.15, 0.2) is 0 Å². The maximum Gasteiger partial charge on any atom is 0.0229 e. The zero-order valence-corrected chi connectivity index (χ0v) is 11.8. The highest BCUT2D eigenvalue weighted by Gasteiger charge is 2.29. The minimum atomic E-state index is 0.766. The van der Waals surface area contributed by atoms with Gasteiger partial charge in [0.25, 0.3) is 0 Å². The lowest BCUT2D eigenvalue weighted by Crippen LogP contribution is -2.43. The third-order valence-corrected chi connectivity index (χ3v) is 4.75. The molecule has 2 rings (SSSR count). The van der Waals surface area contributed by atoms with Gasteiger partial charge in [-0.3, -0.25) is 0 Å². The van der Waals surface area contributed by atoms with Crippen molar-refractivity contribution >= 4 is 0 Å². The van der Waals surface area contributed by atoms with Crippen LogP contribution in [0.25, 0.3) is 0 Å². The molecule has 1 saturated heterocycles. The van der Waals surface area contributed by atoms with Gasteiger partial charge in [0, 0.05) is 25.2 Å². The van der Waals surface area contributed by atoms with E-state index in [4.69, 9.17) is 0 Å². The molecule has 0 bridgehead atoms. The van der Waals surface area contributed by atoms with E-state index in [1.54, 1.807) is 0 Å². The van der Waals surface area contributed by atoms with Gasteiger partial charge >= 0.3 is 0 Å². The van der Waals surface area contributed by atoms with Gasteiger partial charge in [-0.1, -0.05) is 12.8 Å². The minimum absolute atomic E-state index is 0.766.